The zero-order valence-electron chi connectivity index (χ0n) is 13.5. The van der Waals surface area contributed by atoms with Gasteiger partial charge in [-0.15, -0.1) is 10.2 Å². The third-order valence-electron chi connectivity index (χ3n) is 3.49. The summed E-state index contributed by atoms with van der Waals surface area (Å²) in [5.74, 6) is 1.14. The molecule has 0 saturated heterocycles. The Morgan fingerprint density at radius 2 is 2.00 bits per heavy atom. The maximum absolute atomic E-state index is 11.9. The number of thioether (sulfide) groups is 1. The van der Waals surface area contributed by atoms with Gasteiger partial charge >= 0.3 is 0 Å². The van der Waals surface area contributed by atoms with Crippen LogP contribution < -0.4 is 5.32 Å². The fourth-order valence-electron chi connectivity index (χ4n) is 2.04. The van der Waals surface area contributed by atoms with Crippen LogP contribution in [0.1, 0.15) is 27.2 Å². The molecule has 23 heavy (non-hydrogen) atoms. The lowest BCUT2D eigenvalue weighted by Crippen LogP contribution is -2.33. The number of nitrogens with one attached hydrogen (secondary N) is 1. The molecule has 0 radical (unpaired) electrons. The molecular formula is C16H21ClN4OS. The SMILES string of the molecule is CC[C@H](C)NC(=O)CSc1nnc(-c2ccc(Cl)cc2)n1CC. The van der Waals surface area contributed by atoms with E-state index in [1.807, 2.05) is 49.6 Å². The number of amides is 1. The molecule has 5 nitrogen and oxygen atoms in total. The van der Waals surface area contributed by atoms with Crippen LogP contribution in [0.2, 0.25) is 5.02 Å². The van der Waals surface area contributed by atoms with Gasteiger partial charge in [-0.25, -0.2) is 0 Å². The van der Waals surface area contributed by atoms with Crippen molar-refractivity contribution in [1.82, 2.24) is 20.1 Å². The summed E-state index contributed by atoms with van der Waals surface area (Å²) in [5.41, 5.74) is 0.958. The van der Waals surface area contributed by atoms with Crippen molar-refractivity contribution in [2.24, 2.45) is 0 Å². The molecular weight excluding hydrogens is 332 g/mol. The molecule has 1 N–H and O–H groups in total. The number of carbonyl (C=O) groups is 1. The van der Waals surface area contributed by atoms with E-state index in [2.05, 4.69) is 15.5 Å². The predicted octanol–water partition coefficient (Wildman–Crippen LogP) is 3.63. The highest BCUT2D eigenvalue weighted by Gasteiger charge is 2.15. The van der Waals surface area contributed by atoms with Crippen molar-refractivity contribution in [2.75, 3.05) is 5.75 Å². The number of halogens is 1. The Morgan fingerprint density at radius 3 is 2.61 bits per heavy atom. The van der Waals surface area contributed by atoms with E-state index in [4.69, 9.17) is 11.6 Å². The lowest BCUT2D eigenvalue weighted by molar-refractivity contribution is -0.119. The third-order valence-corrected chi connectivity index (χ3v) is 4.71. The largest absolute Gasteiger partial charge is 0.353 e. The van der Waals surface area contributed by atoms with Gasteiger partial charge in [0.25, 0.3) is 0 Å². The summed E-state index contributed by atoms with van der Waals surface area (Å²) in [7, 11) is 0. The number of nitrogens with zero attached hydrogens (tertiary/aromatic N) is 3. The van der Waals surface area contributed by atoms with Crippen LogP contribution in [0.5, 0.6) is 0 Å². The highest BCUT2D eigenvalue weighted by atomic mass is 35.5. The van der Waals surface area contributed by atoms with E-state index in [1.165, 1.54) is 11.8 Å². The molecule has 0 aliphatic rings. The third kappa shape index (κ3) is 4.72. The Bertz CT molecular complexity index is 657. The molecule has 0 fully saturated rings. The van der Waals surface area contributed by atoms with E-state index < -0.39 is 0 Å². The molecule has 1 amide bonds. The minimum absolute atomic E-state index is 0.0167. The number of hydrogen-bond acceptors (Lipinski definition) is 4. The van der Waals surface area contributed by atoms with Crippen LogP contribution in [0.15, 0.2) is 29.4 Å². The maximum Gasteiger partial charge on any atom is 0.230 e. The summed E-state index contributed by atoms with van der Waals surface area (Å²) < 4.78 is 2.00. The Morgan fingerprint density at radius 1 is 1.30 bits per heavy atom. The first-order valence-corrected chi connectivity index (χ1v) is 9.02. The smallest absolute Gasteiger partial charge is 0.230 e. The minimum Gasteiger partial charge on any atom is -0.353 e. The van der Waals surface area contributed by atoms with Crippen LogP contribution in [0.3, 0.4) is 0 Å². The molecule has 1 heterocycles. The molecule has 2 rings (SSSR count). The Labute approximate surface area is 145 Å². The Kier molecular flexibility index (Phi) is 6.47. The molecule has 0 bridgehead atoms. The second-order valence-corrected chi connectivity index (χ2v) is 6.60. The molecule has 0 aliphatic heterocycles. The van der Waals surface area contributed by atoms with Gasteiger partial charge in [0.2, 0.25) is 5.91 Å². The summed E-state index contributed by atoms with van der Waals surface area (Å²) in [4.78, 5) is 11.9. The molecule has 7 heteroatoms. The average Bonchev–Trinajstić information content (AvgIpc) is 2.96. The molecule has 0 aliphatic carbocycles. The second kappa shape index (κ2) is 8.36. The summed E-state index contributed by atoms with van der Waals surface area (Å²) in [6.07, 6.45) is 0.919. The molecule has 2 aromatic rings. The quantitative estimate of drug-likeness (QED) is 0.773. The van der Waals surface area contributed by atoms with Gasteiger partial charge in [-0.3, -0.25) is 4.79 Å². The topological polar surface area (TPSA) is 59.8 Å². The van der Waals surface area contributed by atoms with Crippen molar-refractivity contribution in [3.05, 3.63) is 29.3 Å². The van der Waals surface area contributed by atoms with Crippen LogP contribution in [-0.2, 0) is 11.3 Å². The molecule has 1 atom stereocenters. The van der Waals surface area contributed by atoms with Gasteiger partial charge in [0.15, 0.2) is 11.0 Å². The van der Waals surface area contributed by atoms with E-state index in [0.717, 1.165) is 29.5 Å². The normalized spacial score (nSPS) is 12.2. The molecule has 0 spiro atoms. The molecule has 1 aromatic heterocycles. The van der Waals surface area contributed by atoms with Gasteiger partial charge in [-0.2, -0.15) is 0 Å². The first-order chi connectivity index (χ1) is 11.0. The van der Waals surface area contributed by atoms with Gasteiger partial charge in [-0.1, -0.05) is 30.3 Å². The summed E-state index contributed by atoms with van der Waals surface area (Å²) in [6, 6.07) is 7.69. The van der Waals surface area contributed by atoms with E-state index in [9.17, 15) is 4.79 Å². The van der Waals surface area contributed by atoms with Crippen molar-refractivity contribution >= 4 is 29.3 Å². The summed E-state index contributed by atoms with van der Waals surface area (Å²) in [6.45, 7) is 6.81. The standard InChI is InChI=1S/C16H21ClN4OS/c1-4-11(3)18-14(22)10-23-16-20-19-15(21(16)5-2)12-6-8-13(17)9-7-12/h6-9,11H,4-5,10H2,1-3H3,(H,18,22)/t11-/m0/s1. The van der Waals surface area contributed by atoms with Gasteiger partial charge in [0.05, 0.1) is 5.75 Å². The predicted molar refractivity (Wildman–Crippen MR) is 94.8 cm³/mol. The fourth-order valence-corrected chi connectivity index (χ4v) is 2.98. The second-order valence-electron chi connectivity index (χ2n) is 5.22. The number of rotatable bonds is 7. The van der Waals surface area contributed by atoms with Crippen molar-refractivity contribution in [3.63, 3.8) is 0 Å². The van der Waals surface area contributed by atoms with Gasteiger partial charge < -0.3 is 9.88 Å². The van der Waals surface area contributed by atoms with E-state index in [-0.39, 0.29) is 11.9 Å². The van der Waals surface area contributed by atoms with E-state index >= 15 is 0 Å². The highest BCUT2D eigenvalue weighted by Crippen LogP contribution is 2.24. The van der Waals surface area contributed by atoms with Crippen LogP contribution in [0.4, 0.5) is 0 Å². The summed E-state index contributed by atoms with van der Waals surface area (Å²) in [5, 5.41) is 12.9. The number of benzene rings is 1. The molecule has 1 aromatic carbocycles. The van der Waals surface area contributed by atoms with E-state index in [0.29, 0.717) is 10.8 Å². The van der Waals surface area contributed by atoms with Crippen molar-refractivity contribution in [3.8, 4) is 11.4 Å². The van der Waals surface area contributed by atoms with Gasteiger partial charge in [0, 0.05) is 23.2 Å². The van der Waals surface area contributed by atoms with Crippen molar-refractivity contribution in [1.29, 1.82) is 0 Å². The van der Waals surface area contributed by atoms with Crippen LogP contribution >= 0.6 is 23.4 Å². The van der Waals surface area contributed by atoms with Crippen LogP contribution in [-0.4, -0.2) is 32.5 Å². The van der Waals surface area contributed by atoms with E-state index in [1.54, 1.807) is 0 Å². The summed E-state index contributed by atoms with van der Waals surface area (Å²) >= 11 is 7.33. The monoisotopic (exact) mass is 352 g/mol. The van der Waals surface area contributed by atoms with Crippen LogP contribution in [0.25, 0.3) is 11.4 Å². The molecule has 0 saturated carbocycles. The minimum atomic E-state index is 0.0167. The maximum atomic E-state index is 11.9. The van der Waals surface area contributed by atoms with Gasteiger partial charge in [0.1, 0.15) is 0 Å². The first kappa shape index (κ1) is 17.8. The van der Waals surface area contributed by atoms with Crippen LogP contribution in [0, 0.1) is 0 Å². The average molecular weight is 353 g/mol. The Hall–Kier alpha value is -1.53. The fraction of sp³-hybridized carbons (Fsp3) is 0.438. The zero-order chi connectivity index (χ0) is 16.8. The van der Waals surface area contributed by atoms with Crippen molar-refractivity contribution < 1.29 is 4.79 Å². The number of aromatic nitrogens is 3. The lowest BCUT2D eigenvalue weighted by Gasteiger charge is -2.11. The molecule has 124 valence electrons. The number of hydrogen-bond donors (Lipinski definition) is 1. The highest BCUT2D eigenvalue weighted by molar-refractivity contribution is 7.99. The Balaban J connectivity index is 2.09. The van der Waals surface area contributed by atoms with Gasteiger partial charge in [-0.05, 0) is 44.5 Å². The first-order valence-electron chi connectivity index (χ1n) is 7.66. The lowest BCUT2D eigenvalue weighted by atomic mass is 10.2. The number of carbonyl (C=O) groups excluding carboxylic acids is 1. The zero-order valence-corrected chi connectivity index (χ0v) is 15.1. The van der Waals surface area contributed by atoms with Crippen molar-refractivity contribution in [2.45, 2.75) is 44.9 Å². The molecule has 0 unspecified atom stereocenters.